The molecule has 116 valence electrons. The molecule has 0 amide bonds. The lowest BCUT2D eigenvalue weighted by molar-refractivity contribution is -0.183. The Labute approximate surface area is 130 Å². The van der Waals surface area contributed by atoms with E-state index in [-0.39, 0.29) is 11.6 Å². The van der Waals surface area contributed by atoms with Gasteiger partial charge in [-0.25, -0.2) is 4.39 Å². The molecule has 1 aromatic carbocycles. The minimum atomic E-state index is -0.326. The number of hydrogen-bond acceptors (Lipinski definition) is 3. The molecular formula is C16H21ClFNO2. The van der Waals surface area contributed by atoms with Crippen molar-refractivity contribution in [3.63, 3.8) is 0 Å². The summed E-state index contributed by atoms with van der Waals surface area (Å²) in [6.45, 7) is 2.08. The van der Waals surface area contributed by atoms with Crippen molar-refractivity contribution in [3.05, 3.63) is 34.6 Å². The van der Waals surface area contributed by atoms with Crippen molar-refractivity contribution in [3.8, 4) is 0 Å². The van der Waals surface area contributed by atoms with Crippen molar-refractivity contribution in [2.24, 2.45) is 0 Å². The Morgan fingerprint density at radius 1 is 1.29 bits per heavy atom. The molecule has 1 spiro atoms. The smallest absolute Gasteiger partial charge is 0.168 e. The van der Waals surface area contributed by atoms with E-state index in [1.807, 2.05) is 0 Å². The van der Waals surface area contributed by atoms with Crippen LogP contribution in [0.3, 0.4) is 0 Å². The number of ether oxygens (including phenoxy) is 2. The van der Waals surface area contributed by atoms with Crippen molar-refractivity contribution < 1.29 is 13.9 Å². The molecule has 21 heavy (non-hydrogen) atoms. The molecule has 0 N–H and O–H groups in total. The van der Waals surface area contributed by atoms with Gasteiger partial charge in [0.15, 0.2) is 5.79 Å². The van der Waals surface area contributed by atoms with Gasteiger partial charge in [-0.15, -0.1) is 0 Å². The fourth-order valence-corrected chi connectivity index (χ4v) is 3.51. The Morgan fingerprint density at radius 3 is 2.62 bits per heavy atom. The first-order valence-electron chi connectivity index (χ1n) is 7.50. The average molecular weight is 314 g/mol. The molecule has 1 saturated carbocycles. The van der Waals surface area contributed by atoms with E-state index in [4.69, 9.17) is 21.1 Å². The van der Waals surface area contributed by atoms with Gasteiger partial charge in [0.05, 0.1) is 13.2 Å². The van der Waals surface area contributed by atoms with Crippen LogP contribution in [0.15, 0.2) is 18.2 Å². The zero-order valence-electron chi connectivity index (χ0n) is 12.3. The van der Waals surface area contributed by atoms with Crippen LogP contribution >= 0.6 is 11.6 Å². The number of hydrogen-bond donors (Lipinski definition) is 0. The highest BCUT2D eigenvalue weighted by molar-refractivity contribution is 6.31. The zero-order chi connectivity index (χ0) is 14.9. The molecule has 2 aliphatic rings. The molecule has 0 bridgehead atoms. The summed E-state index contributed by atoms with van der Waals surface area (Å²) < 4.78 is 24.8. The molecule has 0 unspecified atom stereocenters. The van der Waals surface area contributed by atoms with E-state index in [0.717, 1.165) is 31.2 Å². The van der Waals surface area contributed by atoms with E-state index < -0.39 is 0 Å². The van der Waals surface area contributed by atoms with E-state index in [1.54, 1.807) is 6.07 Å². The van der Waals surface area contributed by atoms with Gasteiger partial charge >= 0.3 is 0 Å². The van der Waals surface area contributed by atoms with Crippen LogP contribution in [0, 0.1) is 5.82 Å². The van der Waals surface area contributed by atoms with Crippen LogP contribution in [0.5, 0.6) is 0 Å². The minimum absolute atomic E-state index is 0.238. The molecule has 1 aliphatic carbocycles. The minimum Gasteiger partial charge on any atom is -0.348 e. The van der Waals surface area contributed by atoms with Crippen LogP contribution in [-0.2, 0) is 16.0 Å². The summed E-state index contributed by atoms with van der Waals surface area (Å²) >= 11 is 6.14. The Kier molecular flexibility index (Phi) is 4.50. The first-order chi connectivity index (χ1) is 10.1. The van der Waals surface area contributed by atoms with Crippen molar-refractivity contribution in [1.82, 2.24) is 4.90 Å². The van der Waals surface area contributed by atoms with E-state index in [1.165, 1.54) is 12.1 Å². The molecule has 3 nitrogen and oxygen atoms in total. The highest BCUT2D eigenvalue weighted by atomic mass is 35.5. The molecular weight excluding hydrogens is 293 g/mol. The number of benzene rings is 1. The normalized spacial score (nSPS) is 22.3. The fourth-order valence-electron chi connectivity index (χ4n) is 3.33. The highest BCUT2D eigenvalue weighted by Crippen LogP contribution is 2.37. The van der Waals surface area contributed by atoms with Gasteiger partial charge < -0.3 is 9.47 Å². The molecule has 1 saturated heterocycles. The first-order valence-corrected chi connectivity index (χ1v) is 7.88. The molecule has 2 fully saturated rings. The zero-order valence-corrected chi connectivity index (χ0v) is 13.0. The standard InChI is InChI=1S/C16H21ClFNO2/c1-19(11-12-10-13(18)2-3-15(12)17)14-4-6-16(7-5-14)20-8-9-21-16/h2-3,10,14H,4-9,11H2,1H3. The Hall–Kier alpha value is -0.680. The van der Waals surface area contributed by atoms with E-state index in [0.29, 0.717) is 30.8 Å². The summed E-state index contributed by atoms with van der Waals surface area (Å²) in [4.78, 5) is 2.25. The van der Waals surface area contributed by atoms with Crippen molar-refractivity contribution in [2.45, 2.75) is 44.1 Å². The van der Waals surface area contributed by atoms with Gasteiger partial charge in [0.2, 0.25) is 0 Å². The molecule has 1 aliphatic heterocycles. The molecule has 0 aromatic heterocycles. The van der Waals surface area contributed by atoms with E-state index >= 15 is 0 Å². The van der Waals surface area contributed by atoms with Crippen LogP contribution < -0.4 is 0 Å². The van der Waals surface area contributed by atoms with Gasteiger partial charge in [0.25, 0.3) is 0 Å². The fraction of sp³-hybridized carbons (Fsp3) is 0.625. The SMILES string of the molecule is CN(Cc1cc(F)ccc1Cl)C1CCC2(CC1)OCCO2. The van der Waals surface area contributed by atoms with E-state index in [2.05, 4.69) is 11.9 Å². The maximum atomic E-state index is 13.3. The van der Waals surface area contributed by atoms with Crippen LogP contribution in [-0.4, -0.2) is 37.0 Å². The van der Waals surface area contributed by atoms with Crippen molar-refractivity contribution in [1.29, 1.82) is 0 Å². The van der Waals surface area contributed by atoms with Crippen molar-refractivity contribution in [2.75, 3.05) is 20.3 Å². The second-order valence-corrected chi connectivity index (χ2v) is 6.40. The van der Waals surface area contributed by atoms with Gasteiger partial charge in [-0.05, 0) is 43.7 Å². The summed E-state index contributed by atoms with van der Waals surface area (Å²) in [6, 6.07) is 5.00. The average Bonchev–Trinajstić information content (AvgIpc) is 2.92. The molecule has 1 aromatic rings. The topological polar surface area (TPSA) is 21.7 Å². The lowest BCUT2D eigenvalue weighted by Crippen LogP contribution is -2.42. The second kappa shape index (κ2) is 6.21. The van der Waals surface area contributed by atoms with E-state index in [9.17, 15) is 4.39 Å². The summed E-state index contributed by atoms with van der Waals surface area (Å²) in [7, 11) is 2.07. The lowest BCUT2D eigenvalue weighted by atomic mass is 9.89. The summed E-state index contributed by atoms with van der Waals surface area (Å²) in [5.74, 6) is -0.563. The summed E-state index contributed by atoms with van der Waals surface area (Å²) in [5, 5.41) is 0.623. The molecule has 1 heterocycles. The third-order valence-corrected chi connectivity index (χ3v) is 4.95. The summed E-state index contributed by atoms with van der Waals surface area (Å²) in [5.41, 5.74) is 0.841. The third-order valence-electron chi connectivity index (χ3n) is 4.58. The predicted octanol–water partition coefficient (Wildman–Crippen LogP) is 3.60. The van der Waals surface area contributed by atoms with Gasteiger partial charge in [-0.1, -0.05) is 11.6 Å². The highest BCUT2D eigenvalue weighted by Gasteiger charge is 2.41. The maximum absolute atomic E-state index is 13.3. The quantitative estimate of drug-likeness (QED) is 0.851. The van der Waals surface area contributed by atoms with Crippen LogP contribution in [0.1, 0.15) is 31.2 Å². The Balaban J connectivity index is 1.59. The van der Waals surface area contributed by atoms with Crippen LogP contribution in [0.4, 0.5) is 4.39 Å². The maximum Gasteiger partial charge on any atom is 0.168 e. The molecule has 0 atom stereocenters. The van der Waals surface area contributed by atoms with Gasteiger partial charge in [-0.3, -0.25) is 4.90 Å². The van der Waals surface area contributed by atoms with Gasteiger partial charge in [0.1, 0.15) is 5.82 Å². The summed E-state index contributed by atoms with van der Waals surface area (Å²) in [6.07, 6.45) is 3.92. The third kappa shape index (κ3) is 3.39. The predicted molar refractivity (Wildman–Crippen MR) is 79.8 cm³/mol. The monoisotopic (exact) mass is 313 g/mol. The number of nitrogens with zero attached hydrogens (tertiary/aromatic N) is 1. The molecule has 3 rings (SSSR count). The molecule has 5 heteroatoms. The largest absolute Gasteiger partial charge is 0.348 e. The number of rotatable bonds is 3. The number of halogens is 2. The van der Waals surface area contributed by atoms with Gasteiger partial charge in [-0.2, -0.15) is 0 Å². The van der Waals surface area contributed by atoms with Crippen molar-refractivity contribution >= 4 is 11.6 Å². The first kappa shape index (κ1) is 15.2. The lowest BCUT2D eigenvalue weighted by Gasteiger charge is -2.39. The second-order valence-electron chi connectivity index (χ2n) is 5.99. The van der Waals surface area contributed by atoms with Gasteiger partial charge in [0, 0.05) is 30.5 Å². The van der Waals surface area contributed by atoms with Crippen LogP contribution in [0.2, 0.25) is 5.02 Å². The molecule has 0 radical (unpaired) electrons. The Bertz CT molecular complexity index is 495. The van der Waals surface area contributed by atoms with Crippen LogP contribution in [0.25, 0.3) is 0 Å². The Morgan fingerprint density at radius 2 is 1.95 bits per heavy atom.